The lowest BCUT2D eigenvalue weighted by Crippen LogP contribution is -2.39. The number of benzene rings is 1. The molecule has 0 saturated heterocycles. The fraction of sp³-hybridized carbons (Fsp3) is 0.412. The summed E-state index contributed by atoms with van der Waals surface area (Å²) in [7, 11) is 0. The van der Waals surface area contributed by atoms with E-state index in [1.165, 1.54) is 12.1 Å². The molecule has 1 atom stereocenters. The third-order valence-electron chi connectivity index (χ3n) is 3.64. The van der Waals surface area contributed by atoms with Crippen molar-refractivity contribution in [1.29, 1.82) is 0 Å². The molecular formula is C17H24ClFN4O. The summed E-state index contributed by atoms with van der Waals surface area (Å²) < 4.78 is 14.7. The fourth-order valence-corrected chi connectivity index (χ4v) is 2.47. The molecule has 0 radical (unpaired) electrons. The Morgan fingerprint density at radius 3 is 2.54 bits per heavy atom. The molecule has 1 aromatic heterocycles. The van der Waals surface area contributed by atoms with Crippen molar-refractivity contribution in [2.75, 3.05) is 13.1 Å². The van der Waals surface area contributed by atoms with Gasteiger partial charge in [-0.2, -0.15) is 5.10 Å². The summed E-state index contributed by atoms with van der Waals surface area (Å²) in [5.41, 5.74) is 2.11. The summed E-state index contributed by atoms with van der Waals surface area (Å²) in [4.78, 5) is 12.4. The minimum atomic E-state index is -0.297. The van der Waals surface area contributed by atoms with Crippen LogP contribution in [0.15, 0.2) is 30.5 Å². The van der Waals surface area contributed by atoms with Crippen molar-refractivity contribution in [2.45, 2.75) is 33.2 Å². The van der Waals surface area contributed by atoms with Gasteiger partial charge in [0.1, 0.15) is 5.82 Å². The second-order valence-electron chi connectivity index (χ2n) is 5.42. The molecule has 2 aromatic rings. The molecule has 0 unspecified atom stereocenters. The van der Waals surface area contributed by atoms with Gasteiger partial charge in [-0.25, -0.2) is 9.07 Å². The second-order valence-corrected chi connectivity index (χ2v) is 5.42. The molecule has 1 aromatic carbocycles. The predicted molar refractivity (Wildman–Crippen MR) is 95.6 cm³/mol. The maximum absolute atomic E-state index is 13.1. The molecule has 0 saturated carbocycles. The van der Waals surface area contributed by atoms with Gasteiger partial charge in [0.15, 0.2) is 0 Å². The summed E-state index contributed by atoms with van der Waals surface area (Å²) in [6.45, 7) is 7.43. The van der Waals surface area contributed by atoms with Gasteiger partial charge in [0, 0.05) is 12.6 Å². The molecule has 1 amide bonds. The van der Waals surface area contributed by atoms with Crippen LogP contribution in [-0.4, -0.2) is 34.8 Å². The molecular weight excluding hydrogens is 331 g/mol. The van der Waals surface area contributed by atoms with Crippen molar-refractivity contribution in [2.24, 2.45) is 0 Å². The molecule has 2 rings (SSSR count). The van der Waals surface area contributed by atoms with E-state index in [0.717, 1.165) is 17.9 Å². The molecule has 1 heterocycles. The van der Waals surface area contributed by atoms with E-state index < -0.39 is 0 Å². The van der Waals surface area contributed by atoms with Crippen molar-refractivity contribution in [1.82, 2.24) is 20.4 Å². The lowest BCUT2D eigenvalue weighted by atomic mass is 10.2. The number of hydrogen-bond acceptors (Lipinski definition) is 3. The zero-order valence-electron chi connectivity index (χ0n) is 14.2. The standard InChI is InChI=1S/C17H23FN4O.ClH/c1-4-16-15(17(23)20-10-12(3)19-5-2)11-21-22(16)14-8-6-13(18)7-9-14;/h6-9,11-12,19H,4-5,10H2,1-3H3,(H,20,23);1H/t12-;/m1./s1. The van der Waals surface area contributed by atoms with Crippen LogP contribution in [0.5, 0.6) is 0 Å². The predicted octanol–water partition coefficient (Wildman–Crippen LogP) is 2.72. The molecule has 0 aliphatic carbocycles. The number of hydrogen-bond donors (Lipinski definition) is 2. The Hall–Kier alpha value is -1.92. The van der Waals surface area contributed by atoms with E-state index in [1.54, 1.807) is 23.0 Å². The first-order chi connectivity index (χ1) is 11.1. The van der Waals surface area contributed by atoms with Crippen LogP contribution in [0, 0.1) is 5.82 Å². The van der Waals surface area contributed by atoms with E-state index in [2.05, 4.69) is 15.7 Å². The van der Waals surface area contributed by atoms with E-state index >= 15 is 0 Å². The Bertz CT molecular complexity index is 657. The summed E-state index contributed by atoms with van der Waals surface area (Å²) in [6, 6.07) is 6.27. The van der Waals surface area contributed by atoms with Crippen LogP contribution in [-0.2, 0) is 6.42 Å². The van der Waals surface area contributed by atoms with Crippen LogP contribution in [0.2, 0.25) is 0 Å². The highest BCUT2D eigenvalue weighted by Gasteiger charge is 2.17. The molecule has 24 heavy (non-hydrogen) atoms. The number of nitrogens with zero attached hydrogens (tertiary/aromatic N) is 2. The maximum atomic E-state index is 13.1. The SMILES string of the molecule is CCN[C@H](C)CNC(=O)c1cnn(-c2ccc(F)cc2)c1CC.Cl. The number of likely N-dealkylation sites (N-methyl/N-ethyl adjacent to an activating group) is 1. The van der Waals surface area contributed by atoms with Gasteiger partial charge in [0.2, 0.25) is 0 Å². The number of rotatable bonds is 7. The van der Waals surface area contributed by atoms with Gasteiger partial charge in [-0.15, -0.1) is 12.4 Å². The molecule has 0 aliphatic rings. The lowest BCUT2D eigenvalue weighted by molar-refractivity contribution is 0.0949. The van der Waals surface area contributed by atoms with Crippen molar-refractivity contribution >= 4 is 18.3 Å². The molecule has 0 spiro atoms. The highest BCUT2D eigenvalue weighted by atomic mass is 35.5. The van der Waals surface area contributed by atoms with Crippen molar-refractivity contribution < 1.29 is 9.18 Å². The van der Waals surface area contributed by atoms with E-state index in [4.69, 9.17) is 0 Å². The fourth-order valence-electron chi connectivity index (χ4n) is 2.47. The quantitative estimate of drug-likeness (QED) is 0.803. The maximum Gasteiger partial charge on any atom is 0.254 e. The second kappa shape index (κ2) is 9.39. The highest BCUT2D eigenvalue weighted by molar-refractivity contribution is 5.95. The van der Waals surface area contributed by atoms with Crippen molar-refractivity contribution in [3.8, 4) is 5.69 Å². The van der Waals surface area contributed by atoms with Gasteiger partial charge in [-0.3, -0.25) is 4.79 Å². The number of nitrogens with one attached hydrogen (secondary N) is 2. The van der Waals surface area contributed by atoms with Crippen LogP contribution < -0.4 is 10.6 Å². The minimum absolute atomic E-state index is 0. The average Bonchev–Trinajstić information content (AvgIpc) is 2.97. The van der Waals surface area contributed by atoms with Gasteiger partial charge in [-0.1, -0.05) is 13.8 Å². The number of carbonyl (C=O) groups excluding carboxylic acids is 1. The van der Waals surface area contributed by atoms with Crippen molar-refractivity contribution in [3.63, 3.8) is 0 Å². The molecule has 132 valence electrons. The van der Waals surface area contributed by atoms with E-state index in [1.807, 2.05) is 20.8 Å². The molecule has 5 nitrogen and oxygen atoms in total. The molecule has 7 heteroatoms. The smallest absolute Gasteiger partial charge is 0.254 e. The van der Waals surface area contributed by atoms with Gasteiger partial charge < -0.3 is 10.6 Å². The molecule has 0 aliphatic heterocycles. The number of carbonyl (C=O) groups is 1. The van der Waals surface area contributed by atoms with Gasteiger partial charge in [-0.05, 0) is 44.2 Å². The van der Waals surface area contributed by atoms with Crippen LogP contribution in [0.3, 0.4) is 0 Å². The Balaban J connectivity index is 0.00000288. The minimum Gasteiger partial charge on any atom is -0.350 e. The van der Waals surface area contributed by atoms with Gasteiger partial charge >= 0.3 is 0 Å². The molecule has 0 bridgehead atoms. The van der Waals surface area contributed by atoms with Crippen LogP contribution >= 0.6 is 12.4 Å². The first-order valence-electron chi connectivity index (χ1n) is 7.91. The summed E-state index contributed by atoms with van der Waals surface area (Å²) in [5.74, 6) is -0.436. The molecule has 0 fully saturated rings. The largest absolute Gasteiger partial charge is 0.350 e. The van der Waals surface area contributed by atoms with E-state index in [9.17, 15) is 9.18 Å². The van der Waals surface area contributed by atoms with Gasteiger partial charge in [0.05, 0.1) is 23.1 Å². The number of aromatic nitrogens is 2. The third kappa shape index (κ3) is 4.79. The summed E-state index contributed by atoms with van der Waals surface area (Å²) in [6.07, 6.45) is 2.22. The monoisotopic (exact) mass is 354 g/mol. The highest BCUT2D eigenvalue weighted by Crippen LogP contribution is 2.16. The Morgan fingerprint density at radius 1 is 1.29 bits per heavy atom. The topological polar surface area (TPSA) is 58.9 Å². The van der Waals surface area contributed by atoms with E-state index in [0.29, 0.717) is 18.5 Å². The van der Waals surface area contributed by atoms with Crippen LogP contribution in [0.25, 0.3) is 5.69 Å². The number of amides is 1. The Labute approximate surface area is 148 Å². The first kappa shape index (κ1) is 20.1. The normalized spacial score (nSPS) is 11.7. The third-order valence-corrected chi connectivity index (χ3v) is 3.64. The van der Waals surface area contributed by atoms with Crippen LogP contribution in [0.4, 0.5) is 4.39 Å². The average molecular weight is 355 g/mol. The lowest BCUT2D eigenvalue weighted by Gasteiger charge is -2.13. The van der Waals surface area contributed by atoms with Crippen LogP contribution in [0.1, 0.15) is 36.8 Å². The first-order valence-corrected chi connectivity index (χ1v) is 7.91. The van der Waals surface area contributed by atoms with E-state index in [-0.39, 0.29) is 30.2 Å². The van der Waals surface area contributed by atoms with Crippen molar-refractivity contribution in [3.05, 3.63) is 47.5 Å². The Kier molecular flexibility index (Phi) is 7.88. The zero-order chi connectivity index (χ0) is 16.8. The number of halogens is 2. The Morgan fingerprint density at radius 2 is 1.96 bits per heavy atom. The molecule has 2 N–H and O–H groups in total. The zero-order valence-corrected chi connectivity index (χ0v) is 15.0. The summed E-state index contributed by atoms with van der Waals surface area (Å²) in [5, 5.41) is 10.5. The summed E-state index contributed by atoms with van der Waals surface area (Å²) >= 11 is 0. The van der Waals surface area contributed by atoms with Gasteiger partial charge in [0.25, 0.3) is 5.91 Å².